The second-order valence-electron chi connectivity index (χ2n) is 4.91. The van der Waals surface area contributed by atoms with Gasteiger partial charge in [-0.05, 0) is 25.1 Å². The van der Waals surface area contributed by atoms with Crippen molar-refractivity contribution < 1.29 is 13.2 Å². The third kappa shape index (κ3) is 3.01. The van der Waals surface area contributed by atoms with Crippen LogP contribution in [0.3, 0.4) is 0 Å². The molecule has 0 saturated heterocycles. The molecule has 0 radical (unpaired) electrons. The zero-order chi connectivity index (χ0) is 16.6. The summed E-state index contributed by atoms with van der Waals surface area (Å²) >= 11 is 0. The fraction of sp³-hybridized carbons (Fsp3) is 0.133. The average Bonchev–Trinajstić information content (AvgIpc) is 2.89. The zero-order valence-corrected chi connectivity index (χ0v) is 11.9. The van der Waals surface area contributed by atoms with Gasteiger partial charge >= 0.3 is 6.18 Å². The Labute approximate surface area is 128 Å². The van der Waals surface area contributed by atoms with Crippen LogP contribution in [0.2, 0.25) is 0 Å². The zero-order valence-electron chi connectivity index (χ0n) is 11.9. The molecular weight excluding hydrogens is 309 g/mol. The lowest BCUT2D eigenvalue weighted by molar-refractivity contribution is -0.137. The molecule has 0 bridgehead atoms. The van der Waals surface area contributed by atoms with Crippen LogP contribution in [0.15, 0.2) is 53.6 Å². The van der Waals surface area contributed by atoms with E-state index in [-0.39, 0.29) is 11.1 Å². The van der Waals surface area contributed by atoms with Crippen LogP contribution in [0.1, 0.15) is 11.3 Å². The Morgan fingerprint density at radius 2 is 1.91 bits per heavy atom. The number of halogens is 3. The van der Waals surface area contributed by atoms with E-state index in [1.807, 2.05) is 0 Å². The summed E-state index contributed by atoms with van der Waals surface area (Å²) in [5.41, 5.74) is -0.161. The summed E-state index contributed by atoms with van der Waals surface area (Å²) in [5, 5.41) is 8.15. The van der Waals surface area contributed by atoms with Gasteiger partial charge < -0.3 is 0 Å². The molecule has 0 atom stereocenters. The van der Waals surface area contributed by atoms with Crippen LogP contribution < -0.4 is 5.43 Å². The predicted molar refractivity (Wildman–Crippen MR) is 76.7 cm³/mol. The van der Waals surface area contributed by atoms with Crippen LogP contribution in [-0.4, -0.2) is 19.6 Å². The Balaban J connectivity index is 2.14. The van der Waals surface area contributed by atoms with Gasteiger partial charge in [-0.25, -0.2) is 9.36 Å². The van der Waals surface area contributed by atoms with Crippen molar-refractivity contribution in [2.75, 3.05) is 0 Å². The first-order chi connectivity index (χ1) is 10.8. The van der Waals surface area contributed by atoms with Gasteiger partial charge in [0, 0.05) is 18.3 Å². The van der Waals surface area contributed by atoms with Gasteiger partial charge in [0.1, 0.15) is 0 Å². The number of aryl methyl sites for hydroxylation is 1. The number of nitrogens with zero attached hydrogens (tertiary/aromatic N) is 4. The third-order valence-electron chi connectivity index (χ3n) is 3.15. The molecular formula is C15H11F3N4O. The SMILES string of the molecule is Cc1cc(-n2ccc(=O)cn2)n(-c2cccc(C(F)(F)F)c2)n1. The first kappa shape index (κ1) is 15.0. The number of hydrogen-bond donors (Lipinski definition) is 0. The Bertz CT molecular complexity index is 891. The van der Waals surface area contributed by atoms with Crippen molar-refractivity contribution in [2.45, 2.75) is 13.1 Å². The second kappa shape index (κ2) is 5.38. The Morgan fingerprint density at radius 1 is 1.13 bits per heavy atom. The van der Waals surface area contributed by atoms with Crippen LogP contribution >= 0.6 is 0 Å². The molecule has 23 heavy (non-hydrogen) atoms. The van der Waals surface area contributed by atoms with E-state index in [0.717, 1.165) is 18.3 Å². The second-order valence-corrected chi connectivity index (χ2v) is 4.91. The van der Waals surface area contributed by atoms with Crippen molar-refractivity contribution in [3.63, 3.8) is 0 Å². The average molecular weight is 320 g/mol. The van der Waals surface area contributed by atoms with Crippen LogP contribution in [0.4, 0.5) is 13.2 Å². The van der Waals surface area contributed by atoms with Gasteiger partial charge in [-0.2, -0.15) is 23.4 Å². The highest BCUT2D eigenvalue weighted by Crippen LogP contribution is 2.30. The van der Waals surface area contributed by atoms with Crippen molar-refractivity contribution in [1.82, 2.24) is 19.6 Å². The summed E-state index contributed by atoms with van der Waals surface area (Å²) in [4.78, 5) is 11.1. The topological polar surface area (TPSA) is 52.7 Å². The lowest BCUT2D eigenvalue weighted by Gasteiger charge is -2.11. The first-order valence-corrected chi connectivity index (χ1v) is 6.64. The normalized spacial score (nSPS) is 11.7. The highest BCUT2D eigenvalue weighted by Gasteiger charge is 2.30. The number of alkyl halides is 3. The largest absolute Gasteiger partial charge is 0.416 e. The summed E-state index contributed by atoms with van der Waals surface area (Å²) in [6.45, 7) is 1.72. The molecule has 8 heteroatoms. The van der Waals surface area contributed by atoms with Gasteiger partial charge in [-0.3, -0.25) is 4.79 Å². The molecule has 0 amide bonds. The van der Waals surface area contributed by atoms with Gasteiger partial charge in [-0.1, -0.05) is 6.07 Å². The highest BCUT2D eigenvalue weighted by molar-refractivity contribution is 5.42. The maximum absolute atomic E-state index is 12.9. The smallest absolute Gasteiger partial charge is 0.288 e. The third-order valence-corrected chi connectivity index (χ3v) is 3.15. The molecule has 2 aromatic heterocycles. The van der Waals surface area contributed by atoms with Crippen LogP contribution in [-0.2, 0) is 6.18 Å². The van der Waals surface area contributed by atoms with Crippen molar-refractivity contribution in [1.29, 1.82) is 0 Å². The van der Waals surface area contributed by atoms with E-state index >= 15 is 0 Å². The number of benzene rings is 1. The summed E-state index contributed by atoms with van der Waals surface area (Å²) < 4.78 is 41.4. The van der Waals surface area contributed by atoms with E-state index in [4.69, 9.17) is 0 Å². The molecule has 3 rings (SSSR count). The van der Waals surface area contributed by atoms with E-state index in [0.29, 0.717) is 11.5 Å². The van der Waals surface area contributed by atoms with Gasteiger partial charge in [-0.15, -0.1) is 0 Å². The van der Waals surface area contributed by atoms with E-state index < -0.39 is 11.7 Å². The monoisotopic (exact) mass is 320 g/mol. The number of rotatable bonds is 2. The number of aromatic nitrogens is 4. The van der Waals surface area contributed by atoms with Crippen molar-refractivity contribution >= 4 is 0 Å². The van der Waals surface area contributed by atoms with Gasteiger partial charge in [0.25, 0.3) is 0 Å². The summed E-state index contributed by atoms with van der Waals surface area (Å²) in [6, 6.07) is 7.82. The van der Waals surface area contributed by atoms with E-state index in [1.165, 1.54) is 33.8 Å². The summed E-state index contributed by atoms with van der Waals surface area (Å²) in [5.74, 6) is 0.432. The molecule has 2 heterocycles. The predicted octanol–water partition coefficient (Wildman–Crippen LogP) is 2.75. The lowest BCUT2D eigenvalue weighted by atomic mass is 10.2. The van der Waals surface area contributed by atoms with Crippen molar-refractivity contribution in [2.24, 2.45) is 0 Å². The minimum atomic E-state index is -4.44. The Hall–Kier alpha value is -2.90. The quantitative estimate of drug-likeness (QED) is 0.729. The molecule has 0 fully saturated rings. The molecule has 5 nitrogen and oxygen atoms in total. The Kier molecular flexibility index (Phi) is 3.51. The molecule has 3 aromatic rings. The molecule has 0 aliphatic heterocycles. The lowest BCUT2D eigenvalue weighted by Crippen LogP contribution is -2.12. The first-order valence-electron chi connectivity index (χ1n) is 6.64. The van der Waals surface area contributed by atoms with Crippen LogP contribution in [0.25, 0.3) is 11.5 Å². The Morgan fingerprint density at radius 3 is 2.57 bits per heavy atom. The molecule has 1 aromatic carbocycles. The van der Waals surface area contributed by atoms with E-state index in [2.05, 4.69) is 10.2 Å². The van der Waals surface area contributed by atoms with Crippen molar-refractivity contribution in [3.8, 4) is 11.5 Å². The van der Waals surface area contributed by atoms with Crippen LogP contribution in [0.5, 0.6) is 0 Å². The van der Waals surface area contributed by atoms with Gasteiger partial charge in [0.15, 0.2) is 11.2 Å². The fourth-order valence-corrected chi connectivity index (χ4v) is 2.13. The standard InChI is InChI=1S/C15H11F3N4O/c1-10-7-14(21-6-5-13(23)9-19-21)22(20-10)12-4-2-3-11(8-12)15(16,17)18/h2-9H,1H3. The maximum atomic E-state index is 12.9. The van der Waals surface area contributed by atoms with Gasteiger partial charge in [0.2, 0.25) is 0 Å². The maximum Gasteiger partial charge on any atom is 0.416 e. The fourth-order valence-electron chi connectivity index (χ4n) is 2.13. The van der Waals surface area contributed by atoms with Gasteiger partial charge in [0.05, 0.1) is 23.1 Å². The summed E-state index contributed by atoms with van der Waals surface area (Å²) in [7, 11) is 0. The molecule has 0 unspecified atom stereocenters. The molecule has 0 aliphatic carbocycles. The van der Waals surface area contributed by atoms with Crippen molar-refractivity contribution in [3.05, 3.63) is 70.3 Å². The molecule has 118 valence electrons. The highest BCUT2D eigenvalue weighted by atomic mass is 19.4. The molecule has 0 spiro atoms. The van der Waals surface area contributed by atoms with Crippen LogP contribution in [0, 0.1) is 6.92 Å². The minimum absolute atomic E-state index is 0.253. The molecule has 0 aliphatic rings. The number of hydrogen-bond acceptors (Lipinski definition) is 3. The molecule has 0 N–H and O–H groups in total. The van der Waals surface area contributed by atoms with E-state index in [1.54, 1.807) is 13.0 Å². The minimum Gasteiger partial charge on any atom is -0.288 e. The summed E-state index contributed by atoms with van der Waals surface area (Å²) in [6.07, 6.45) is -1.88. The molecule has 0 saturated carbocycles. The van der Waals surface area contributed by atoms with E-state index in [9.17, 15) is 18.0 Å².